The number of hydrogen-bond donors (Lipinski definition) is 2. The van der Waals surface area contributed by atoms with Crippen LogP contribution in [0.3, 0.4) is 0 Å². The van der Waals surface area contributed by atoms with Crippen LogP contribution < -0.4 is 5.73 Å². The molecular formula is C9H16N4. The van der Waals surface area contributed by atoms with Crippen molar-refractivity contribution in [1.29, 1.82) is 0 Å². The lowest BCUT2D eigenvalue weighted by atomic mass is 9.86. The fraction of sp³-hybridized carbons (Fsp3) is 0.667. The minimum atomic E-state index is 0.425. The van der Waals surface area contributed by atoms with Crippen LogP contribution in [-0.4, -0.2) is 34.0 Å². The first kappa shape index (κ1) is 8.72. The molecule has 0 aliphatic heterocycles. The van der Waals surface area contributed by atoms with E-state index >= 15 is 0 Å². The van der Waals surface area contributed by atoms with Crippen LogP contribution >= 0.6 is 0 Å². The molecular weight excluding hydrogens is 164 g/mol. The summed E-state index contributed by atoms with van der Waals surface area (Å²) in [6, 6.07) is 1.09. The molecule has 0 saturated heterocycles. The van der Waals surface area contributed by atoms with Crippen molar-refractivity contribution in [2.24, 2.45) is 5.73 Å². The van der Waals surface area contributed by atoms with E-state index < -0.39 is 0 Å². The number of aromatic nitrogens is 2. The largest absolute Gasteiger partial charge is 0.347 e. The molecule has 4 heteroatoms. The van der Waals surface area contributed by atoms with E-state index in [0.717, 1.165) is 19.4 Å². The van der Waals surface area contributed by atoms with Crippen LogP contribution in [0, 0.1) is 0 Å². The van der Waals surface area contributed by atoms with Gasteiger partial charge in [0.15, 0.2) is 0 Å². The summed E-state index contributed by atoms with van der Waals surface area (Å²) >= 11 is 0. The molecule has 1 aromatic heterocycles. The quantitative estimate of drug-likeness (QED) is 0.705. The van der Waals surface area contributed by atoms with Gasteiger partial charge in [-0.25, -0.2) is 4.98 Å². The number of nitrogens with two attached hydrogens (primary N) is 1. The van der Waals surface area contributed by atoms with Gasteiger partial charge < -0.3 is 10.7 Å². The lowest BCUT2D eigenvalue weighted by Gasteiger charge is -2.39. The highest BCUT2D eigenvalue weighted by molar-refractivity contribution is 4.96. The smallest absolute Gasteiger partial charge is 0.0922 e. The van der Waals surface area contributed by atoms with Crippen molar-refractivity contribution in [3.63, 3.8) is 0 Å². The molecule has 4 nitrogen and oxygen atoms in total. The number of hydrogen-bond acceptors (Lipinski definition) is 3. The average Bonchev–Trinajstić information content (AvgIpc) is 2.51. The molecule has 0 bridgehead atoms. The minimum absolute atomic E-state index is 0.425. The molecule has 0 aromatic carbocycles. The molecule has 0 amide bonds. The predicted octanol–water partition coefficient (Wildman–Crippen LogP) is 0.331. The summed E-state index contributed by atoms with van der Waals surface area (Å²) in [5, 5.41) is 0. The maximum Gasteiger partial charge on any atom is 0.0922 e. The van der Waals surface area contributed by atoms with Crippen molar-refractivity contribution in [2.75, 3.05) is 7.05 Å². The molecule has 1 aromatic rings. The summed E-state index contributed by atoms with van der Waals surface area (Å²) in [7, 11) is 2.14. The highest BCUT2D eigenvalue weighted by Gasteiger charge is 2.29. The van der Waals surface area contributed by atoms with E-state index in [1.807, 2.05) is 6.20 Å². The van der Waals surface area contributed by atoms with Gasteiger partial charge in [-0.15, -0.1) is 0 Å². The van der Waals surface area contributed by atoms with E-state index in [1.54, 1.807) is 6.33 Å². The SMILES string of the molecule is CN(Cc1cnc[nH]1)C1CC(N)C1. The van der Waals surface area contributed by atoms with Gasteiger partial charge in [0.1, 0.15) is 0 Å². The van der Waals surface area contributed by atoms with Crippen molar-refractivity contribution in [1.82, 2.24) is 14.9 Å². The molecule has 1 heterocycles. The van der Waals surface area contributed by atoms with E-state index in [1.165, 1.54) is 5.69 Å². The van der Waals surface area contributed by atoms with Gasteiger partial charge in [0.25, 0.3) is 0 Å². The Labute approximate surface area is 78.1 Å². The third kappa shape index (κ3) is 1.89. The first-order chi connectivity index (χ1) is 6.25. The third-order valence-electron chi connectivity index (χ3n) is 2.75. The molecule has 1 fully saturated rings. The van der Waals surface area contributed by atoms with E-state index in [0.29, 0.717) is 12.1 Å². The number of nitrogens with one attached hydrogen (secondary N) is 1. The van der Waals surface area contributed by atoms with Crippen LogP contribution in [0.1, 0.15) is 18.5 Å². The van der Waals surface area contributed by atoms with Crippen LogP contribution in [0.4, 0.5) is 0 Å². The Kier molecular flexibility index (Phi) is 2.33. The van der Waals surface area contributed by atoms with E-state index in [-0.39, 0.29) is 0 Å². The van der Waals surface area contributed by atoms with Gasteiger partial charge in [0.05, 0.1) is 6.33 Å². The van der Waals surface area contributed by atoms with Crippen LogP contribution in [0.5, 0.6) is 0 Å². The van der Waals surface area contributed by atoms with Crippen LogP contribution in [0.25, 0.3) is 0 Å². The van der Waals surface area contributed by atoms with Crippen molar-refractivity contribution in [2.45, 2.75) is 31.5 Å². The van der Waals surface area contributed by atoms with E-state index in [2.05, 4.69) is 21.9 Å². The van der Waals surface area contributed by atoms with Crippen molar-refractivity contribution >= 4 is 0 Å². The van der Waals surface area contributed by atoms with Crippen molar-refractivity contribution in [3.05, 3.63) is 18.2 Å². The first-order valence-corrected chi connectivity index (χ1v) is 4.69. The van der Waals surface area contributed by atoms with E-state index in [4.69, 9.17) is 5.73 Å². The Morgan fingerprint density at radius 1 is 1.69 bits per heavy atom. The van der Waals surface area contributed by atoms with Gasteiger partial charge in [-0.3, -0.25) is 4.90 Å². The molecule has 2 rings (SSSR count). The molecule has 1 aliphatic rings. The van der Waals surface area contributed by atoms with Crippen LogP contribution in [0.15, 0.2) is 12.5 Å². The Morgan fingerprint density at radius 2 is 2.46 bits per heavy atom. The maximum atomic E-state index is 5.73. The number of H-pyrrole nitrogens is 1. The molecule has 13 heavy (non-hydrogen) atoms. The standard InChI is InChI=1S/C9H16N4/c1-13(9-2-7(10)3-9)5-8-4-11-6-12-8/h4,6-7,9H,2-3,5,10H2,1H3,(H,11,12). The second-order valence-electron chi connectivity index (χ2n) is 3.88. The maximum absolute atomic E-state index is 5.73. The number of imidazole rings is 1. The molecule has 3 N–H and O–H groups in total. The Balaban J connectivity index is 1.82. The van der Waals surface area contributed by atoms with Gasteiger partial charge in [-0.2, -0.15) is 0 Å². The zero-order valence-corrected chi connectivity index (χ0v) is 7.90. The third-order valence-corrected chi connectivity index (χ3v) is 2.75. The lowest BCUT2D eigenvalue weighted by Crippen LogP contribution is -2.48. The average molecular weight is 180 g/mol. The molecule has 1 aliphatic carbocycles. The van der Waals surface area contributed by atoms with Gasteiger partial charge >= 0.3 is 0 Å². The minimum Gasteiger partial charge on any atom is -0.347 e. The first-order valence-electron chi connectivity index (χ1n) is 4.69. The fourth-order valence-electron chi connectivity index (χ4n) is 1.76. The fourth-order valence-corrected chi connectivity index (χ4v) is 1.76. The Hall–Kier alpha value is -0.870. The number of rotatable bonds is 3. The second kappa shape index (κ2) is 3.47. The monoisotopic (exact) mass is 180 g/mol. The zero-order valence-electron chi connectivity index (χ0n) is 7.90. The second-order valence-corrected chi connectivity index (χ2v) is 3.88. The molecule has 72 valence electrons. The predicted molar refractivity (Wildman–Crippen MR) is 51.1 cm³/mol. The normalized spacial score (nSPS) is 27.6. The van der Waals surface area contributed by atoms with E-state index in [9.17, 15) is 0 Å². The van der Waals surface area contributed by atoms with Gasteiger partial charge in [-0.05, 0) is 19.9 Å². The highest BCUT2D eigenvalue weighted by atomic mass is 15.2. The Morgan fingerprint density at radius 3 is 3.00 bits per heavy atom. The Bertz CT molecular complexity index is 251. The number of aromatic amines is 1. The zero-order chi connectivity index (χ0) is 9.26. The molecule has 1 saturated carbocycles. The summed E-state index contributed by atoms with van der Waals surface area (Å²) in [6.07, 6.45) is 5.85. The van der Waals surface area contributed by atoms with Gasteiger partial charge in [0, 0.05) is 30.5 Å². The lowest BCUT2D eigenvalue weighted by molar-refractivity contribution is 0.131. The topological polar surface area (TPSA) is 57.9 Å². The van der Waals surface area contributed by atoms with Gasteiger partial charge in [-0.1, -0.05) is 0 Å². The summed E-state index contributed by atoms with van der Waals surface area (Å²) < 4.78 is 0. The summed E-state index contributed by atoms with van der Waals surface area (Å²) in [5.41, 5.74) is 6.90. The van der Waals surface area contributed by atoms with Crippen LogP contribution in [-0.2, 0) is 6.54 Å². The van der Waals surface area contributed by atoms with Crippen molar-refractivity contribution in [3.8, 4) is 0 Å². The number of nitrogens with zero attached hydrogens (tertiary/aromatic N) is 2. The van der Waals surface area contributed by atoms with Gasteiger partial charge in [0.2, 0.25) is 0 Å². The summed E-state index contributed by atoms with van der Waals surface area (Å²) in [5.74, 6) is 0. The highest BCUT2D eigenvalue weighted by Crippen LogP contribution is 2.23. The molecule has 0 atom stereocenters. The summed E-state index contributed by atoms with van der Waals surface area (Å²) in [6.45, 7) is 0.942. The molecule has 0 radical (unpaired) electrons. The van der Waals surface area contributed by atoms with Crippen molar-refractivity contribution < 1.29 is 0 Å². The molecule has 0 unspecified atom stereocenters. The molecule has 0 spiro atoms. The van der Waals surface area contributed by atoms with Crippen LogP contribution in [0.2, 0.25) is 0 Å². The summed E-state index contributed by atoms with van der Waals surface area (Å²) in [4.78, 5) is 9.41.